The first kappa shape index (κ1) is 11.9. The first-order valence-electron chi connectivity index (χ1n) is 6.11. The van der Waals surface area contributed by atoms with Gasteiger partial charge >= 0.3 is 5.97 Å². The minimum absolute atomic E-state index is 0.0595. The number of allylic oxidation sites excluding steroid dienone is 8. The molecule has 1 N–H and O–H groups in total. The van der Waals surface area contributed by atoms with Gasteiger partial charge in [0.2, 0.25) is 0 Å². The minimum atomic E-state index is -0.691. The summed E-state index contributed by atoms with van der Waals surface area (Å²) in [6, 6.07) is 0. The third-order valence-electron chi connectivity index (χ3n) is 3.62. The molecule has 17 heavy (non-hydrogen) atoms. The van der Waals surface area contributed by atoms with Gasteiger partial charge in [-0.3, -0.25) is 4.79 Å². The van der Waals surface area contributed by atoms with Crippen LogP contribution in [0.3, 0.4) is 0 Å². The van der Waals surface area contributed by atoms with Crippen LogP contribution in [0.1, 0.15) is 13.3 Å². The number of carboxylic acids is 1. The summed E-state index contributed by atoms with van der Waals surface area (Å²) in [4.78, 5) is 11.3. The maximum atomic E-state index is 11.3. The normalized spacial score (nSPS) is 22.4. The third-order valence-corrected chi connectivity index (χ3v) is 3.62. The zero-order valence-corrected chi connectivity index (χ0v) is 9.99. The van der Waals surface area contributed by atoms with Crippen molar-refractivity contribution in [2.75, 3.05) is 0 Å². The van der Waals surface area contributed by atoms with E-state index in [1.165, 1.54) is 0 Å². The van der Waals surface area contributed by atoms with Gasteiger partial charge in [0.1, 0.15) is 0 Å². The summed E-state index contributed by atoms with van der Waals surface area (Å²) >= 11 is 0. The molecule has 2 aliphatic rings. The smallest absolute Gasteiger partial charge is 0.307 e. The standard InChI is InChI=1S/C15H18O2/c1-11(12-6-2-3-7-12)10-14(15(16)17)13-8-4-5-9-13/h2-9,11-14H,10H2,1H3,(H,16,17)/t11-,14-/m1/s1. The molecule has 2 rings (SSSR count). The number of hydrogen-bond donors (Lipinski definition) is 1. The van der Waals surface area contributed by atoms with Gasteiger partial charge in [-0.25, -0.2) is 0 Å². The third kappa shape index (κ3) is 2.76. The Labute approximate surface area is 102 Å². The Morgan fingerprint density at radius 2 is 1.53 bits per heavy atom. The van der Waals surface area contributed by atoms with Crippen LogP contribution in [0.2, 0.25) is 0 Å². The molecular weight excluding hydrogens is 212 g/mol. The maximum absolute atomic E-state index is 11.3. The van der Waals surface area contributed by atoms with E-state index in [0.717, 1.165) is 0 Å². The number of aliphatic carboxylic acids is 1. The molecule has 2 aliphatic carbocycles. The summed E-state index contributed by atoms with van der Waals surface area (Å²) in [5.74, 6) is -0.171. The molecule has 0 spiro atoms. The summed E-state index contributed by atoms with van der Waals surface area (Å²) in [5.41, 5.74) is 0. The summed E-state index contributed by atoms with van der Waals surface area (Å²) in [6.45, 7) is 2.13. The van der Waals surface area contributed by atoms with Gasteiger partial charge in [0, 0.05) is 5.92 Å². The lowest BCUT2D eigenvalue weighted by Crippen LogP contribution is -2.24. The van der Waals surface area contributed by atoms with E-state index in [2.05, 4.69) is 19.1 Å². The van der Waals surface area contributed by atoms with Crippen molar-refractivity contribution < 1.29 is 9.90 Å². The molecular formula is C15H18O2. The van der Waals surface area contributed by atoms with Crippen LogP contribution < -0.4 is 0 Å². The first-order valence-corrected chi connectivity index (χ1v) is 6.11. The molecule has 0 aromatic carbocycles. The van der Waals surface area contributed by atoms with Crippen molar-refractivity contribution in [1.29, 1.82) is 0 Å². The lowest BCUT2D eigenvalue weighted by Gasteiger charge is -2.23. The number of rotatable bonds is 5. The fourth-order valence-corrected chi connectivity index (χ4v) is 2.53. The Balaban J connectivity index is 2.00. The average Bonchev–Trinajstić information content (AvgIpc) is 2.97. The van der Waals surface area contributed by atoms with E-state index in [0.29, 0.717) is 18.3 Å². The average molecular weight is 230 g/mol. The maximum Gasteiger partial charge on any atom is 0.307 e. The summed E-state index contributed by atoms with van der Waals surface area (Å²) in [5, 5.41) is 9.32. The molecule has 0 fully saturated rings. The van der Waals surface area contributed by atoms with E-state index in [9.17, 15) is 9.90 Å². The molecule has 2 atom stereocenters. The highest BCUT2D eigenvalue weighted by Gasteiger charge is 2.29. The van der Waals surface area contributed by atoms with Crippen molar-refractivity contribution in [3.63, 3.8) is 0 Å². The lowest BCUT2D eigenvalue weighted by atomic mass is 9.81. The van der Waals surface area contributed by atoms with Crippen LogP contribution in [0, 0.1) is 23.7 Å². The lowest BCUT2D eigenvalue weighted by molar-refractivity contribution is -0.143. The molecule has 2 nitrogen and oxygen atoms in total. The topological polar surface area (TPSA) is 37.3 Å². The Morgan fingerprint density at radius 1 is 1.06 bits per heavy atom. The van der Waals surface area contributed by atoms with E-state index in [4.69, 9.17) is 0 Å². The Bertz CT molecular complexity index is 377. The molecule has 0 bridgehead atoms. The molecule has 0 aromatic heterocycles. The SMILES string of the molecule is C[C@H](C[C@@H](C(=O)O)C1C=CC=C1)C1C=CC=C1. The fourth-order valence-electron chi connectivity index (χ4n) is 2.53. The fraction of sp³-hybridized carbons (Fsp3) is 0.400. The molecule has 0 aliphatic heterocycles. The van der Waals surface area contributed by atoms with Gasteiger partial charge in [-0.1, -0.05) is 55.5 Å². The number of hydrogen-bond acceptors (Lipinski definition) is 1. The van der Waals surface area contributed by atoms with Crippen molar-refractivity contribution in [2.24, 2.45) is 23.7 Å². The van der Waals surface area contributed by atoms with Crippen molar-refractivity contribution in [1.82, 2.24) is 0 Å². The quantitative estimate of drug-likeness (QED) is 0.787. The highest BCUT2D eigenvalue weighted by atomic mass is 16.4. The van der Waals surface area contributed by atoms with Gasteiger partial charge in [-0.2, -0.15) is 0 Å². The molecule has 2 heteroatoms. The van der Waals surface area contributed by atoms with Gasteiger partial charge < -0.3 is 5.11 Å². The largest absolute Gasteiger partial charge is 0.481 e. The molecule has 0 saturated carbocycles. The Kier molecular flexibility index (Phi) is 3.62. The second kappa shape index (κ2) is 5.17. The molecule has 0 saturated heterocycles. The van der Waals surface area contributed by atoms with Crippen LogP contribution in [-0.2, 0) is 4.79 Å². The zero-order valence-electron chi connectivity index (χ0n) is 9.99. The molecule has 0 radical (unpaired) electrons. The minimum Gasteiger partial charge on any atom is -0.481 e. The van der Waals surface area contributed by atoms with Crippen LogP contribution >= 0.6 is 0 Å². The predicted octanol–water partition coefficient (Wildman–Crippen LogP) is 3.20. The van der Waals surface area contributed by atoms with E-state index < -0.39 is 5.97 Å². The molecule has 0 aromatic rings. The highest BCUT2D eigenvalue weighted by molar-refractivity contribution is 5.71. The Hall–Kier alpha value is -1.57. The zero-order chi connectivity index (χ0) is 12.3. The van der Waals surface area contributed by atoms with Gasteiger partial charge in [-0.05, 0) is 18.3 Å². The van der Waals surface area contributed by atoms with Crippen molar-refractivity contribution in [2.45, 2.75) is 13.3 Å². The predicted molar refractivity (Wildman–Crippen MR) is 68.4 cm³/mol. The monoisotopic (exact) mass is 230 g/mol. The second-order valence-corrected chi connectivity index (χ2v) is 4.85. The van der Waals surface area contributed by atoms with Crippen molar-refractivity contribution in [3.05, 3.63) is 48.6 Å². The van der Waals surface area contributed by atoms with E-state index >= 15 is 0 Å². The Morgan fingerprint density at radius 3 is 2.00 bits per heavy atom. The molecule has 0 heterocycles. The summed E-state index contributed by atoms with van der Waals surface area (Å²) in [6.07, 6.45) is 16.9. The van der Waals surface area contributed by atoms with E-state index in [-0.39, 0.29) is 11.8 Å². The van der Waals surface area contributed by atoms with E-state index in [1.54, 1.807) is 0 Å². The first-order chi connectivity index (χ1) is 8.18. The van der Waals surface area contributed by atoms with E-state index in [1.807, 2.05) is 36.5 Å². The molecule has 0 unspecified atom stereocenters. The van der Waals surface area contributed by atoms with Crippen LogP contribution in [0.4, 0.5) is 0 Å². The van der Waals surface area contributed by atoms with Gasteiger partial charge in [-0.15, -0.1) is 0 Å². The van der Waals surface area contributed by atoms with Crippen LogP contribution in [0.15, 0.2) is 48.6 Å². The molecule has 90 valence electrons. The molecule has 0 amide bonds. The van der Waals surface area contributed by atoms with Crippen molar-refractivity contribution >= 4 is 5.97 Å². The van der Waals surface area contributed by atoms with Gasteiger partial charge in [0.25, 0.3) is 0 Å². The second-order valence-electron chi connectivity index (χ2n) is 4.85. The number of carbonyl (C=O) groups is 1. The summed E-state index contributed by atoms with van der Waals surface area (Å²) in [7, 11) is 0. The number of carboxylic acid groups (broad SMARTS) is 1. The van der Waals surface area contributed by atoms with Crippen LogP contribution in [-0.4, -0.2) is 11.1 Å². The van der Waals surface area contributed by atoms with Crippen LogP contribution in [0.25, 0.3) is 0 Å². The van der Waals surface area contributed by atoms with Gasteiger partial charge in [0.15, 0.2) is 0 Å². The summed E-state index contributed by atoms with van der Waals surface area (Å²) < 4.78 is 0. The van der Waals surface area contributed by atoms with Crippen LogP contribution in [0.5, 0.6) is 0 Å². The van der Waals surface area contributed by atoms with Crippen molar-refractivity contribution in [3.8, 4) is 0 Å². The highest BCUT2D eigenvalue weighted by Crippen LogP contribution is 2.31. The van der Waals surface area contributed by atoms with Gasteiger partial charge in [0.05, 0.1) is 5.92 Å².